The zero-order valence-electron chi connectivity index (χ0n) is 17.2. The van der Waals surface area contributed by atoms with E-state index in [0.29, 0.717) is 24.1 Å². The number of hydrogen-bond acceptors (Lipinski definition) is 3. The van der Waals surface area contributed by atoms with Crippen LogP contribution in [0.25, 0.3) is 6.08 Å². The Kier molecular flexibility index (Phi) is 7.85. The van der Waals surface area contributed by atoms with Crippen LogP contribution >= 0.6 is 0 Å². The Morgan fingerprint density at radius 2 is 1.77 bits per heavy atom. The normalized spacial score (nSPS) is 12.0. The van der Waals surface area contributed by atoms with Gasteiger partial charge < -0.3 is 15.2 Å². The van der Waals surface area contributed by atoms with Crippen LogP contribution in [0.3, 0.4) is 0 Å². The fourth-order valence-electron chi connectivity index (χ4n) is 2.73. The summed E-state index contributed by atoms with van der Waals surface area (Å²) in [6.07, 6.45) is -1.00. The van der Waals surface area contributed by atoms with Gasteiger partial charge in [0, 0.05) is 17.2 Å². The van der Waals surface area contributed by atoms with E-state index in [1.165, 1.54) is 18.2 Å². The number of amides is 1. The van der Waals surface area contributed by atoms with Gasteiger partial charge in [0.2, 0.25) is 5.91 Å². The molecule has 0 bridgehead atoms. The van der Waals surface area contributed by atoms with Crippen molar-refractivity contribution < 1.29 is 32.6 Å². The number of aliphatic carboxylic acids is 1. The molecule has 0 aromatic heterocycles. The lowest BCUT2D eigenvalue weighted by Gasteiger charge is -2.23. The van der Waals surface area contributed by atoms with Crippen molar-refractivity contribution in [2.24, 2.45) is 5.41 Å². The van der Waals surface area contributed by atoms with E-state index in [-0.39, 0.29) is 18.3 Å². The van der Waals surface area contributed by atoms with Crippen LogP contribution in [-0.2, 0) is 15.8 Å². The van der Waals surface area contributed by atoms with Gasteiger partial charge in [-0.3, -0.25) is 4.79 Å². The summed E-state index contributed by atoms with van der Waals surface area (Å²) < 4.78 is 43.6. The number of nitrogens with one attached hydrogen (secondary N) is 1. The zero-order chi connectivity index (χ0) is 23.1. The van der Waals surface area contributed by atoms with Crippen LogP contribution < -0.4 is 10.1 Å². The van der Waals surface area contributed by atoms with Gasteiger partial charge >= 0.3 is 12.1 Å². The minimum Gasteiger partial charge on any atom is -0.494 e. The first-order valence-corrected chi connectivity index (χ1v) is 9.60. The van der Waals surface area contributed by atoms with E-state index in [2.05, 4.69) is 5.32 Å². The number of ether oxygens (including phenoxy) is 1. The summed E-state index contributed by atoms with van der Waals surface area (Å²) in [5.74, 6) is -1.12. The number of carbonyl (C=O) groups excluding carboxylic acids is 1. The Labute approximate surface area is 178 Å². The lowest BCUT2D eigenvalue weighted by atomic mass is 9.87. The van der Waals surface area contributed by atoms with Gasteiger partial charge in [0.15, 0.2) is 0 Å². The molecule has 0 saturated heterocycles. The Morgan fingerprint density at radius 3 is 2.39 bits per heavy atom. The number of rotatable bonds is 9. The lowest BCUT2D eigenvalue weighted by molar-refractivity contribution is -0.137. The number of hydrogen-bond donors (Lipinski definition) is 2. The maximum Gasteiger partial charge on any atom is 0.416 e. The number of anilines is 1. The molecule has 0 radical (unpaired) electrons. The van der Waals surface area contributed by atoms with E-state index >= 15 is 0 Å². The van der Waals surface area contributed by atoms with Crippen molar-refractivity contribution >= 4 is 23.6 Å². The summed E-state index contributed by atoms with van der Waals surface area (Å²) in [5.41, 5.74) is -0.231. The standard InChI is InChI=1S/C23H24F3NO4/c1-22(2,13-4-14-31-19-6-3-5-17(15-19)23(24,25)26)21(30)27-18-10-7-16(8-11-18)9-12-20(28)29/h3,5-12,15H,4,13-14H2,1-2H3,(H,27,30)(H,28,29)/b12-9+. The highest BCUT2D eigenvalue weighted by atomic mass is 19.4. The highest BCUT2D eigenvalue weighted by molar-refractivity contribution is 5.95. The molecule has 0 saturated carbocycles. The quantitative estimate of drug-likeness (QED) is 0.396. The molecule has 0 aliphatic heterocycles. The minimum atomic E-state index is -4.43. The molecule has 2 aromatic carbocycles. The number of alkyl halides is 3. The van der Waals surface area contributed by atoms with Gasteiger partial charge in [-0.2, -0.15) is 13.2 Å². The number of halogens is 3. The average Bonchev–Trinajstić information content (AvgIpc) is 2.70. The molecule has 0 atom stereocenters. The molecule has 0 aliphatic carbocycles. The third kappa shape index (κ3) is 7.81. The summed E-state index contributed by atoms with van der Waals surface area (Å²) in [4.78, 5) is 23.1. The molecule has 2 N–H and O–H groups in total. The smallest absolute Gasteiger partial charge is 0.416 e. The summed E-state index contributed by atoms with van der Waals surface area (Å²) in [7, 11) is 0. The van der Waals surface area contributed by atoms with Crippen molar-refractivity contribution in [3.05, 3.63) is 65.7 Å². The third-order valence-electron chi connectivity index (χ3n) is 4.58. The third-order valence-corrected chi connectivity index (χ3v) is 4.58. The van der Waals surface area contributed by atoms with Gasteiger partial charge in [0.05, 0.1) is 12.2 Å². The Hall–Kier alpha value is -3.29. The van der Waals surface area contributed by atoms with Gasteiger partial charge in [-0.1, -0.05) is 32.0 Å². The van der Waals surface area contributed by atoms with Crippen molar-refractivity contribution in [3.63, 3.8) is 0 Å². The van der Waals surface area contributed by atoms with Crippen LogP contribution in [0.15, 0.2) is 54.6 Å². The van der Waals surface area contributed by atoms with Crippen LogP contribution in [0.5, 0.6) is 5.75 Å². The van der Waals surface area contributed by atoms with E-state index in [4.69, 9.17) is 9.84 Å². The predicted octanol–water partition coefficient (Wildman–Crippen LogP) is 5.63. The van der Waals surface area contributed by atoms with E-state index in [9.17, 15) is 22.8 Å². The Bertz CT molecular complexity index is 935. The molecular formula is C23H24F3NO4. The maximum absolute atomic E-state index is 12.7. The molecule has 0 heterocycles. The van der Waals surface area contributed by atoms with E-state index < -0.39 is 23.1 Å². The SMILES string of the molecule is CC(C)(CCCOc1cccc(C(F)(F)F)c1)C(=O)Nc1ccc(/C=C/C(=O)O)cc1. The van der Waals surface area contributed by atoms with Crippen LogP contribution in [-0.4, -0.2) is 23.6 Å². The predicted molar refractivity (Wildman–Crippen MR) is 112 cm³/mol. The number of carbonyl (C=O) groups is 2. The van der Waals surface area contributed by atoms with Gasteiger partial charge in [-0.25, -0.2) is 4.79 Å². The fourth-order valence-corrected chi connectivity index (χ4v) is 2.73. The summed E-state index contributed by atoms with van der Waals surface area (Å²) in [6.45, 7) is 3.73. The molecule has 0 fully saturated rings. The van der Waals surface area contributed by atoms with Crippen molar-refractivity contribution in [1.82, 2.24) is 0 Å². The number of benzene rings is 2. The molecule has 1 amide bonds. The minimum absolute atomic E-state index is 0.133. The monoisotopic (exact) mass is 435 g/mol. The van der Waals surface area contributed by atoms with Crippen molar-refractivity contribution in [2.75, 3.05) is 11.9 Å². The molecule has 5 nitrogen and oxygen atoms in total. The van der Waals surface area contributed by atoms with Crippen LogP contribution in [0.2, 0.25) is 0 Å². The molecule has 0 unspecified atom stereocenters. The summed E-state index contributed by atoms with van der Waals surface area (Å²) >= 11 is 0. The Morgan fingerprint density at radius 1 is 1.10 bits per heavy atom. The first-order valence-electron chi connectivity index (χ1n) is 9.60. The van der Waals surface area contributed by atoms with E-state index in [1.807, 2.05) is 0 Å². The van der Waals surface area contributed by atoms with E-state index in [0.717, 1.165) is 18.2 Å². The molecular weight excluding hydrogens is 411 g/mol. The van der Waals surface area contributed by atoms with Crippen LogP contribution in [0.4, 0.5) is 18.9 Å². The number of carboxylic acid groups (broad SMARTS) is 1. The highest BCUT2D eigenvalue weighted by Gasteiger charge is 2.30. The largest absolute Gasteiger partial charge is 0.494 e. The van der Waals surface area contributed by atoms with Crippen LogP contribution in [0, 0.1) is 5.41 Å². The molecule has 0 aliphatic rings. The van der Waals surface area contributed by atoms with E-state index in [1.54, 1.807) is 38.1 Å². The molecule has 0 spiro atoms. The van der Waals surface area contributed by atoms with Gasteiger partial charge in [-0.15, -0.1) is 0 Å². The molecule has 31 heavy (non-hydrogen) atoms. The van der Waals surface area contributed by atoms with Crippen LogP contribution in [0.1, 0.15) is 37.8 Å². The Balaban J connectivity index is 1.84. The topological polar surface area (TPSA) is 75.6 Å². The van der Waals surface area contributed by atoms with Gasteiger partial charge in [0.1, 0.15) is 5.75 Å². The summed E-state index contributed by atoms with van der Waals surface area (Å²) in [5, 5.41) is 11.4. The fraction of sp³-hybridized carbons (Fsp3) is 0.304. The second-order valence-electron chi connectivity index (χ2n) is 7.61. The first-order chi connectivity index (χ1) is 14.5. The van der Waals surface area contributed by atoms with Crippen molar-refractivity contribution in [3.8, 4) is 5.75 Å². The highest BCUT2D eigenvalue weighted by Crippen LogP contribution is 2.31. The molecule has 166 valence electrons. The van der Waals surface area contributed by atoms with Crippen molar-refractivity contribution in [2.45, 2.75) is 32.9 Å². The second-order valence-corrected chi connectivity index (χ2v) is 7.61. The second kappa shape index (κ2) is 10.1. The zero-order valence-corrected chi connectivity index (χ0v) is 17.2. The van der Waals surface area contributed by atoms with Crippen molar-refractivity contribution in [1.29, 1.82) is 0 Å². The average molecular weight is 435 g/mol. The lowest BCUT2D eigenvalue weighted by Crippen LogP contribution is -2.31. The number of carboxylic acids is 1. The summed E-state index contributed by atoms with van der Waals surface area (Å²) in [6, 6.07) is 11.4. The molecule has 2 aromatic rings. The van der Waals surface area contributed by atoms with Gasteiger partial charge in [0.25, 0.3) is 0 Å². The first kappa shape index (κ1) is 24.0. The molecule has 8 heteroatoms. The van der Waals surface area contributed by atoms with Gasteiger partial charge in [-0.05, 0) is 54.8 Å². The molecule has 2 rings (SSSR count). The maximum atomic E-state index is 12.7.